The van der Waals surface area contributed by atoms with Crippen LogP contribution in [0.4, 0.5) is 0 Å². The molecule has 0 bridgehead atoms. The largest absolute Gasteiger partial charge is 0.466 e. The van der Waals surface area contributed by atoms with Gasteiger partial charge in [-0.05, 0) is 21.0 Å². The summed E-state index contributed by atoms with van der Waals surface area (Å²) in [5, 5.41) is -0.0735. The number of hydroxylamine groups is 1. The first kappa shape index (κ1) is 20.2. The van der Waals surface area contributed by atoms with Crippen molar-refractivity contribution in [2.45, 2.75) is 76.2 Å². The van der Waals surface area contributed by atoms with Gasteiger partial charge in [0.15, 0.2) is 0 Å². The molecule has 6 heteroatoms. The highest BCUT2D eigenvalue weighted by Crippen LogP contribution is 2.14. The third-order valence-corrected chi connectivity index (χ3v) is 4.79. The Hall–Kier alpha value is -0.820. The molecular weight excluding hydrogens is 312 g/mol. The highest BCUT2D eigenvalue weighted by molar-refractivity contribution is 7.92. The molecule has 0 aromatic carbocycles. The Labute approximate surface area is 141 Å². The van der Waals surface area contributed by atoms with Gasteiger partial charge in [0.25, 0.3) is 0 Å². The molecule has 0 amide bonds. The normalized spacial score (nSPS) is 13.8. The van der Waals surface area contributed by atoms with Gasteiger partial charge < -0.3 is 0 Å². The van der Waals surface area contributed by atoms with Crippen LogP contribution in [-0.4, -0.2) is 11.5 Å². The van der Waals surface area contributed by atoms with Gasteiger partial charge in [-0.15, -0.1) is 5.48 Å². The Balaban J connectivity index is 1.94. The maximum absolute atomic E-state index is 11.8. The number of hydrogen-bond acceptors (Lipinski definition) is 4. The molecular formula is C17H30N2O3S+. The lowest BCUT2D eigenvalue weighted by atomic mass is 10.1. The molecule has 131 valence electrons. The average Bonchev–Trinajstić information content (AvgIpc) is 2.56. The van der Waals surface area contributed by atoms with E-state index in [1.807, 2.05) is 0 Å². The van der Waals surface area contributed by atoms with Crippen LogP contribution in [0.1, 0.15) is 71.1 Å². The van der Waals surface area contributed by atoms with E-state index in [0.29, 0.717) is 6.54 Å². The van der Waals surface area contributed by atoms with Crippen molar-refractivity contribution in [3.05, 3.63) is 24.4 Å². The maximum atomic E-state index is 11.8. The van der Waals surface area contributed by atoms with Crippen LogP contribution in [0.5, 0.6) is 0 Å². The summed E-state index contributed by atoms with van der Waals surface area (Å²) in [5.74, 6) is 0. The van der Waals surface area contributed by atoms with E-state index in [0.717, 1.165) is 12.8 Å². The number of nitrogens with one attached hydrogen (secondary N) is 1. The summed E-state index contributed by atoms with van der Waals surface area (Å²) < 4.78 is 28.3. The fraction of sp³-hybridized carbons (Fsp3) is 0.706. The van der Waals surface area contributed by atoms with Gasteiger partial charge in [0.2, 0.25) is 0 Å². The Kier molecular flexibility index (Phi) is 11.1. The number of rotatable bonds is 14. The van der Waals surface area contributed by atoms with Gasteiger partial charge in [0.05, 0.1) is 4.55 Å². The van der Waals surface area contributed by atoms with Gasteiger partial charge in [-0.25, -0.2) is 4.98 Å². The summed E-state index contributed by atoms with van der Waals surface area (Å²) in [5.41, 5.74) is 2.52. The van der Waals surface area contributed by atoms with Crippen molar-refractivity contribution in [2.75, 3.05) is 6.54 Å². The maximum Gasteiger partial charge on any atom is 0.466 e. The summed E-state index contributed by atoms with van der Waals surface area (Å²) in [4.78, 5) is 3.77. The number of unbranched alkanes of at least 4 members (excludes halogenated alkanes) is 9. The van der Waals surface area contributed by atoms with Crippen LogP contribution in [0.25, 0.3) is 0 Å². The first-order valence-corrected chi connectivity index (χ1v) is 10.1. The van der Waals surface area contributed by atoms with Gasteiger partial charge in [-0.1, -0.05) is 70.8 Å². The van der Waals surface area contributed by atoms with Crippen LogP contribution < -0.4 is 5.48 Å². The van der Waals surface area contributed by atoms with E-state index in [-0.39, 0.29) is 5.03 Å². The topological polar surface area (TPSA) is 71.1 Å². The molecule has 23 heavy (non-hydrogen) atoms. The molecule has 0 spiro atoms. The van der Waals surface area contributed by atoms with E-state index >= 15 is 0 Å². The van der Waals surface area contributed by atoms with Crippen LogP contribution in [0, 0.1) is 0 Å². The molecule has 1 unspecified atom stereocenters. The lowest BCUT2D eigenvalue weighted by molar-refractivity contribution is 0.164. The van der Waals surface area contributed by atoms with Crippen molar-refractivity contribution in [3.63, 3.8) is 0 Å². The lowest BCUT2D eigenvalue weighted by Gasteiger charge is -2.03. The van der Waals surface area contributed by atoms with Crippen LogP contribution in [0.3, 0.4) is 0 Å². The van der Waals surface area contributed by atoms with Gasteiger partial charge >= 0.3 is 15.5 Å². The van der Waals surface area contributed by atoms with Crippen molar-refractivity contribution in [3.8, 4) is 0 Å². The van der Waals surface area contributed by atoms with E-state index < -0.39 is 10.5 Å². The first-order valence-electron chi connectivity index (χ1n) is 8.74. The second kappa shape index (κ2) is 12.6. The Morgan fingerprint density at radius 2 is 1.61 bits per heavy atom. The molecule has 1 rings (SSSR count). The lowest BCUT2D eigenvalue weighted by Crippen LogP contribution is -2.25. The minimum atomic E-state index is -3.80. The Morgan fingerprint density at radius 3 is 2.17 bits per heavy atom. The molecule has 1 aromatic rings. The standard InChI is InChI=1S/C17H30N2O3S/c1-2-3-4-5-6-7-8-9-10-12-16-19-22-23(20,21)17-14-11-13-15-18-17/h11,13-15,19H,2-10,12,16H2,1H3/q+1. The van der Waals surface area contributed by atoms with Crippen molar-refractivity contribution >= 4 is 10.5 Å². The van der Waals surface area contributed by atoms with Crippen molar-refractivity contribution < 1.29 is 13.0 Å². The molecule has 0 aliphatic rings. The monoisotopic (exact) mass is 342 g/mol. The number of pyridine rings is 1. The first-order chi connectivity index (χ1) is 11.2. The molecule has 5 nitrogen and oxygen atoms in total. The van der Waals surface area contributed by atoms with Crippen LogP contribution in [0.2, 0.25) is 0 Å². The molecule has 1 atom stereocenters. The Bertz CT molecular complexity index is 443. The summed E-state index contributed by atoms with van der Waals surface area (Å²) in [7, 11) is -3.80. The fourth-order valence-corrected chi connectivity index (χ4v) is 3.10. The fourth-order valence-electron chi connectivity index (χ4n) is 2.34. The number of aromatic nitrogens is 1. The molecule has 0 aliphatic carbocycles. The van der Waals surface area contributed by atoms with Gasteiger partial charge in [0.1, 0.15) is 0 Å². The number of hydrogen-bond donors (Lipinski definition) is 1. The summed E-state index contributed by atoms with van der Waals surface area (Å²) in [6, 6.07) is 4.69. The van der Waals surface area contributed by atoms with E-state index in [9.17, 15) is 8.76 Å². The third kappa shape index (κ3) is 9.81. The predicted octanol–water partition coefficient (Wildman–Crippen LogP) is 4.64. The minimum absolute atomic E-state index is 0.0735. The minimum Gasteiger partial charge on any atom is -0.205 e. The van der Waals surface area contributed by atoms with E-state index in [2.05, 4.69) is 17.4 Å². The molecule has 0 saturated heterocycles. The predicted molar refractivity (Wildman–Crippen MR) is 92.2 cm³/mol. The molecule has 1 radical (unpaired) electrons. The summed E-state index contributed by atoms with van der Waals surface area (Å²) in [6.45, 7) is 2.77. The SMILES string of the molecule is CCCCCCCCCCCCNO[S+]([O])(=O)c1ccccn1. The molecule has 1 heterocycles. The van der Waals surface area contributed by atoms with Crippen LogP contribution in [-0.2, 0) is 23.5 Å². The quantitative estimate of drug-likeness (QED) is 0.304. The zero-order valence-corrected chi connectivity index (χ0v) is 15.0. The Morgan fingerprint density at radius 1 is 1.00 bits per heavy atom. The van der Waals surface area contributed by atoms with E-state index in [1.54, 1.807) is 12.1 Å². The average molecular weight is 343 g/mol. The third-order valence-electron chi connectivity index (χ3n) is 3.69. The zero-order valence-electron chi connectivity index (χ0n) is 14.2. The van der Waals surface area contributed by atoms with E-state index in [1.165, 1.54) is 63.6 Å². The van der Waals surface area contributed by atoms with Gasteiger partial charge in [-0.3, -0.25) is 0 Å². The highest BCUT2D eigenvalue weighted by atomic mass is 32.3. The van der Waals surface area contributed by atoms with Crippen LogP contribution >= 0.6 is 0 Å². The van der Waals surface area contributed by atoms with E-state index in [4.69, 9.17) is 4.28 Å². The molecule has 1 aromatic heterocycles. The zero-order chi connectivity index (χ0) is 16.8. The molecule has 0 saturated carbocycles. The summed E-state index contributed by atoms with van der Waals surface area (Å²) >= 11 is 0. The molecule has 0 aliphatic heterocycles. The molecule has 1 N–H and O–H groups in total. The second-order valence-corrected chi connectivity index (χ2v) is 7.27. The highest BCUT2D eigenvalue weighted by Gasteiger charge is 2.37. The second-order valence-electron chi connectivity index (χ2n) is 5.78. The van der Waals surface area contributed by atoms with Crippen molar-refractivity contribution in [2.24, 2.45) is 0 Å². The number of nitrogens with zero attached hydrogens (tertiary/aromatic N) is 1. The molecule has 0 fully saturated rings. The van der Waals surface area contributed by atoms with Crippen molar-refractivity contribution in [1.29, 1.82) is 0 Å². The van der Waals surface area contributed by atoms with Gasteiger partial charge in [0, 0.05) is 18.8 Å². The van der Waals surface area contributed by atoms with Gasteiger partial charge in [-0.2, -0.15) is 0 Å². The van der Waals surface area contributed by atoms with Crippen LogP contribution in [0.15, 0.2) is 29.4 Å². The smallest absolute Gasteiger partial charge is 0.205 e. The van der Waals surface area contributed by atoms with Crippen molar-refractivity contribution in [1.82, 2.24) is 10.5 Å². The summed E-state index contributed by atoms with van der Waals surface area (Å²) in [6.07, 6.45) is 13.9.